The van der Waals surface area contributed by atoms with E-state index in [1.807, 2.05) is 24.3 Å². The number of benzene rings is 2. The van der Waals surface area contributed by atoms with Crippen LogP contribution in [-0.2, 0) is 16.1 Å². The number of imidazole rings is 1. The molecule has 2 atom stereocenters. The van der Waals surface area contributed by atoms with Crippen LogP contribution in [0.2, 0.25) is 0 Å². The summed E-state index contributed by atoms with van der Waals surface area (Å²) in [5, 5.41) is 11.7. The number of carbonyl (C=O) groups excluding carboxylic acids is 2. The van der Waals surface area contributed by atoms with Crippen LogP contribution in [-0.4, -0.2) is 45.8 Å². The molecule has 2 aromatic carbocycles. The van der Waals surface area contributed by atoms with E-state index in [2.05, 4.69) is 22.0 Å². The minimum Gasteiger partial charge on any atom is -0.378 e. The monoisotopic (exact) mass is 434 g/mol. The van der Waals surface area contributed by atoms with Crippen LogP contribution in [0.15, 0.2) is 48.5 Å². The minimum atomic E-state index is -0.609. The topological polar surface area (TPSA) is 105 Å². The van der Waals surface area contributed by atoms with Crippen molar-refractivity contribution in [2.45, 2.75) is 37.8 Å². The SMILES string of the molecule is O=C(N[C@@H]1COC[C@@H]1C(=O)NO)c1ccc(Cn2c(C3CCC3)nc3ccccc32)cc1. The molecule has 1 aromatic heterocycles. The highest BCUT2D eigenvalue weighted by atomic mass is 16.5. The Hall–Kier alpha value is -3.23. The minimum absolute atomic E-state index is 0.165. The molecule has 0 unspecified atom stereocenters. The Labute approximate surface area is 185 Å². The largest absolute Gasteiger partial charge is 0.378 e. The molecule has 2 fully saturated rings. The van der Waals surface area contributed by atoms with Gasteiger partial charge in [0.15, 0.2) is 0 Å². The van der Waals surface area contributed by atoms with Crippen molar-refractivity contribution in [1.82, 2.24) is 20.3 Å². The van der Waals surface area contributed by atoms with E-state index >= 15 is 0 Å². The molecule has 2 aliphatic rings. The molecule has 1 saturated heterocycles. The van der Waals surface area contributed by atoms with E-state index in [0.29, 0.717) is 18.0 Å². The number of aromatic nitrogens is 2. The molecule has 2 heterocycles. The maximum absolute atomic E-state index is 12.7. The first kappa shape index (κ1) is 20.7. The van der Waals surface area contributed by atoms with Crippen molar-refractivity contribution >= 4 is 22.8 Å². The maximum atomic E-state index is 12.7. The molecule has 8 heteroatoms. The zero-order valence-electron chi connectivity index (χ0n) is 17.7. The molecule has 0 bridgehead atoms. The van der Waals surface area contributed by atoms with Gasteiger partial charge in [-0.2, -0.15) is 0 Å². The third kappa shape index (κ3) is 3.87. The Kier molecular flexibility index (Phi) is 5.63. The van der Waals surface area contributed by atoms with E-state index in [0.717, 1.165) is 22.4 Å². The fourth-order valence-corrected chi connectivity index (χ4v) is 4.47. The number of para-hydroxylation sites is 2. The smallest absolute Gasteiger partial charge is 0.251 e. The molecule has 1 aliphatic carbocycles. The van der Waals surface area contributed by atoms with Crippen molar-refractivity contribution in [1.29, 1.82) is 0 Å². The Morgan fingerprint density at radius 1 is 1.09 bits per heavy atom. The fourth-order valence-electron chi connectivity index (χ4n) is 4.47. The van der Waals surface area contributed by atoms with Gasteiger partial charge >= 0.3 is 0 Å². The number of ether oxygens (including phenoxy) is 1. The zero-order chi connectivity index (χ0) is 22.1. The summed E-state index contributed by atoms with van der Waals surface area (Å²) in [6.07, 6.45) is 3.62. The Morgan fingerprint density at radius 3 is 2.59 bits per heavy atom. The lowest BCUT2D eigenvalue weighted by Gasteiger charge is -2.25. The van der Waals surface area contributed by atoms with Crippen molar-refractivity contribution in [3.05, 3.63) is 65.5 Å². The van der Waals surface area contributed by atoms with Crippen molar-refractivity contribution in [3.63, 3.8) is 0 Å². The summed E-state index contributed by atoms with van der Waals surface area (Å²) < 4.78 is 7.59. The van der Waals surface area contributed by atoms with Gasteiger partial charge in [0, 0.05) is 18.0 Å². The molecular formula is C24H26N4O4. The van der Waals surface area contributed by atoms with Gasteiger partial charge in [-0.25, -0.2) is 10.5 Å². The number of rotatable bonds is 6. The van der Waals surface area contributed by atoms with Gasteiger partial charge in [0.1, 0.15) is 5.82 Å². The Morgan fingerprint density at radius 2 is 1.88 bits per heavy atom. The lowest BCUT2D eigenvalue weighted by Crippen LogP contribution is -2.45. The van der Waals surface area contributed by atoms with Gasteiger partial charge in [0.2, 0.25) is 0 Å². The van der Waals surface area contributed by atoms with Crippen molar-refractivity contribution < 1.29 is 19.5 Å². The average Bonchev–Trinajstić information content (AvgIpc) is 3.37. The molecule has 3 aromatic rings. The number of hydroxylamine groups is 1. The molecule has 3 N–H and O–H groups in total. The zero-order valence-corrected chi connectivity index (χ0v) is 17.7. The summed E-state index contributed by atoms with van der Waals surface area (Å²) in [6.45, 7) is 1.10. The van der Waals surface area contributed by atoms with Gasteiger partial charge in [-0.1, -0.05) is 30.7 Å². The molecule has 1 saturated carbocycles. The number of hydrogen-bond donors (Lipinski definition) is 3. The first-order valence-electron chi connectivity index (χ1n) is 11.0. The summed E-state index contributed by atoms with van der Waals surface area (Å²) in [6, 6.07) is 15.2. The van der Waals surface area contributed by atoms with Crippen LogP contribution in [0.25, 0.3) is 11.0 Å². The van der Waals surface area contributed by atoms with Crippen molar-refractivity contribution in [2.24, 2.45) is 5.92 Å². The van der Waals surface area contributed by atoms with Crippen LogP contribution >= 0.6 is 0 Å². The van der Waals surface area contributed by atoms with E-state index in [4.69, 9.17) is 14.9 Å². The fraction of sp³-hybridized carbons (Fsp3) is 0.375. The quantitative estimate of drug-likeness (QED) is 0.409. The standard InChI is InChI=1S/C24H26N4O4/c29-23(26-20-14-32-13-18(20)24(30)27-31)17-10-8-15(9-11-17)12-28-21-7-2-1-6-19(21)25-22(28)16-4-3-5-16/h1-2,6-11,16,18,20,31H,3-5,12-14H2,(H,26,29)(H,27,30)/t18-,20+/m0/s1. The highest BCUT2D eigenvalue weighted by molar-refractivity contribution is 5.95. The summed E-state index contributed by atoms with van der Waals surface area (Å²) in [4.78, 5) is 29.3. The molecule has 0 spiro atoms. The highest BCUT2D eigenvalue weighted by Gasteiger charge is 2.35. The molecule has 5 rings (SSSR count). The second-order valence-electron chi connectivity index (χ2n) is 8.57. The van der Waals surface area contributed by atoms with Gasteiger partial charge in [0.05, 0.1) is 36.2 Å². The summed E-state index contributed by atoms with van der Waals surface area (Å²) in [5.41, 5.74) is 5.39. The number of nitrogens with one attached hydrogen (secondary N) is 2. The summed E-state index contributed by atoms with van der Waals surface area (Å²) >= 11 is 0. The van der Waals surface area contributed by atoms with E-state index in [1.54, 1.807) is 17.6 Å². The van der Waals surface area contributed by atoms with Gasteiger partial charge in [0.25, 0.3) is 11.8 Å². The number of nitrogens with zero attached hydrogens (tertiary/aromatic N) is 2. The van der Waals surface area contributed by atoms with Crippen molar-refractivity contribution in [3.8, 4) is 0 Å². The average molecular weight is 434 g/mol. The van der Waals surface area contributed by atoms with Gasteiger partial charge in [-0.05, 0) is 42.7 Å². The molecule has 8 nitrogen and oxygen atoms in total. The van der Waals surface area contributed by atoms with Crippen molar-refractivity contribution in [2.75, 3.05) is 13.2 Å². The van der Waals surface area contributed by atoms with Gasteiger partial charge in [-0.3, -0.25) is 14.8 Å². The Balaban J connectivity index is 1.31. The molecule has 1 aliphatic heterocycles. The molecule has 166 valence electrons. The lowest BCUT2D eigenvalue weighted by molar-refractivity contribution is -0.133. The number of hydrogen-bond acceptors (Lipinski definition) is 5. The van der Waals surface area contributed by atoms with Crippen LogP contribution in [0.4, 0.5) is 0 Å². The lowest BCUT2D eigenvalue weighted by atomic mass is 9.85. The highest BCUT2D eigenvalue weighted by Crippen LogP contribution is 2.37. The predicted molar refractivity (Wildman–Crippen MR) is 117 cm³/mol. The van der Waals surface area contributed by atoms with Crippen LogP contribution in [0.5, 0.6) is 0 Å². The van der Waals surface area contributed by atoms with Gasteiger partial charge < -0.3 is 14.6 Å². The maximum Gasteiger partial charge on any atom is 0.251 e. The number of amides is 2. The molecule has 32 heavy (non-hydrogen) atoms. The Bertz CT molecular complexity index is 1140. The third-order valence-electron chi connectivity index (χ3n) is 6.56. The second-order valence-corrected chi connectivity index (χ2v) is 8.57. The molecule has 0 radical (unpaired) electrons. The van der Waals surface area contributed by atoms with Crippen LogP contribution in [0, 0.1) is 5.92 Å². The van der Waals surface area contributed by atoms with Crippen LogP contribution in [0.1, 0.15) is 46.9 Å². The van der Waals surface area contributed by atoms with E-state index in [-0.39, 0.29) is 19.1 Å². The van der Waals surface area contributed by atoms with E-state index in [1.165, 1.54) is 19.3 Å². The van der Waals surface area contributed by atoms with E-state index in [9.17, 15) is 9.59 Å². The number of fused-ring (bicyclic) bond motifs is 1. The first-order valence-corrected chi connectivity index (χ1v) is 11.0. The summed E-state index contributed by atoms with van der Waals surface area (Å²) in [7, 11) is 0. The first-order chi connectivity index (χ1) is 15.6. The van der Waals surface area contributed by atoms with Crippen LogP contribution < -0.4 is 10.8 Å². The summed E-state index contributed by atoms with van der Waals surface area (Å²) in [5.74, 6) is 0.227. The normalized spacial score (nSPS) is 20.8. The third-order valence-corrected chi connectivity index (χ3v) is 6.56. The second kappa shape index (κ2) is 8.72. The molecule has 2 amide bonds. The predicted octanol–water partition coefficient (Wildman–Crippen LogP) is 2.60. The molecular weight excluding hydrogens is 408 g/mol. The van der Waals surface area contributed by atoms with E-state index < -0.39 is 17.9 Å². The van der Waals surface area contributed by atoms with Gasteiger partial charge in [-0.15, -0.1) is 0 Å². The van der Waals surface area contributed by atoms with Crippen LogP contribution in [0.3, 0.4) is 0 Å². The number of carbonyl (C=O) groups is 2.